The second kappa shape index (κ2) is 9.80. The predicted octanol–water partition coefficient (Wildman–Crippen LogP) is 2.30. The molecule has 0 aliphatic carbocycles. The molecule has 0 saturated carbocycles. The number of ether oxygens (including phenoxy) is 1. The van der Waals surface area contributed by atoms with Gasteiger partial charge < -0.3 is 14.3 Å². The number of nitrogens with zero attached hydrogens (tertiary/aromatic N) is 2. The first-order valence-corrected chi connectivity index (χ1v) is 9.85. The van der Waals surface area contributed by atoms with Crippen molar-refractivity contribution in [2.24, 2.45) is 11.8 Å². The molecule has 4 heterocycles. The lowest BCUT2D eigenvalue weighted by Crippen LogP contribution is -2.53. The number of piperidine rings is 1. The van der Waals surface area contributed by atoms with Crippen LogP contribution >= 0.6 is 0 Å². The topological polar surface area (TPSA) is 92.4 Å². The number of amides is 1. The van der Waals surface area contributed by atoms with Crippen LogP contribution in [0.1, 0.15) is 24.8 Å². The second-order valence-electron chi connectivity index (χ2n) is 7.55. The molecule has 30 heavy (non-hydrogen) atoms. The smallest absolute Gasteiger partial charge is 0.475 e. The summed E-state index contributed by atoms with van der Waals surface area (Å²) in [5.41, 5.74) is 1.19. The van der Waals surface area contributed by atoms with E-state index in [9.17, 15) is 18.0 Å². The number of carboxylic acid groups (broad SMARTS) is 1. The predicted molar refractivity (Wildman–Crippen MR) is 95.9 cm³/mol. The van der Waals surface area contributed by atoms with Gasteiger partial charge in [0.05, 0.1) is 31.8 Å². The number of likely N-dealkylation sites (tertiary alicyclic amines) is 1. The van der Waals surface area contributed by atoms with Crippen LogP contribution in [0.15, 0.2) is 23.0 Å². The molecule has 3 fully saturated rings. The Balaban J connectivity index is 0.000000318. The number of carboxylic acids is 1. The van der Waals surface area contributed by atoms with Gasteiger partial charge in [-0.25, -0.2) is 9.86 Å². The highest BCUT2D eigenvalue weighted by Crippen LogP contribution is 2.35. The molecule has 0 unspecified atom stereocenters. The maximum absolute atomic E-state index is 12.8. The normalized spacial score (nSPS) is 27.2. The number of aliphatic carboxylic acids is 1. The molecule has 3 aliphatic heterocycles. The van der Waals surface area contributed by atoms with Crippen molar-refractivity contribution in [2.75, 3.05) is 32.8 Å². The molecule has 1 amide bonds. The Morgan fingerprint density at radius 1 is 1.20 bits per heavy atom. The maximum atomic E-state index is 12.8. The first kappa shape index (κ1) is 22.6. The lowest BCUT2D eigenvalue weighted by molar-refractivity contribution is -0.192. The van der Waals surface area contributed by atoms with Crippen LogP contribution in [0.2, 0.25) is 0 Å². The molecule has 1 aromatic heterocycles. The van der Waals surface area contributed by atoms with E-state index in [1.54, 1.807) is 17.6 Å². The lowest BCUT2D eigenvalue weighted by atomic mass is 9.79. The number of carbonyl (C=O) groups is 2. The van der Waals surface area contributed by atoms with E-state index in [2.05, 4.69) is 4.90 Å². The third kappa shape index (κ3) is 5.73. The highest BCUT2D eigenvalue weighted by atomic mass is 19.4. The van der Waals surface area contributed by atoms with Gasteiger partial charge in [0.25, 0.3) is 0 Å². The number of furan rings is 1. The number of hydroxylamine groups is 2. The molecule has 1 N–H and O–H groups in total. The van der Waals surface area contributed by atoms with Gasteiger partial charge in [0.2, 0.25) is 5.91 Å². The molecule has 0 radical (unpaired) electrons. The van der Waals surface area contributed by atoms with E-state index < -0.39 is 12.1 Å². The van der Waals surface area contributed by atoms with E-state index >= 15 is 0 Å². The van der Waals surface area contributed by atoms with E-state index in [4.69, 9.17) is 23.9 Å². The summed E-state index contributed by atoms with van der Waals surface area (Å²) in [6.07, 6.45) is 1.37. The Kier molecular flexibility index (Phi) is 7.37. The Morgan fingerprint density at radius 2 is 1.97 bits per heavy atom. The molecular formula is C19H25F3N2O6. The zero-order valence-corrected chi connectivity index (χ0v) is 16.3. The Labute approximate surface area is 171 Å². The van der Waals surface area contributed by atoms with Gasteiger partial charge in [0.15, 0.2) is 0 Å². The SMILES string of the molecule is O=C(O)C(F)(F)F.O=C([C@@H]1CCO[C@@H]2CCN(Cc3ccoc3)C[C@H]21)N1CCCO1. The number of alkyl halides is 3. The number of hydrogen-bond donors (Lipinski definition) is 1. The van der Waals surface area contributed by atoms with Crippen molar-refractivity contribution >= 4 is 11.9 Å². The van der Waals surface area contributed by atoms with Crippen molar-refractivity contribution < 1.29 is 41.9 Å². The van der Waals surface area contributed by atoms with Crippen LogP contribution in [0.3, 0.4) is 0 Å². The molecule has 0 spiro atoms. The Morgan fingerprint density at radius 3 is 2.57 bits per heavy atom. The van der Waals surface area contributed by atoms with Crippen LogP contribution in [-0.2, 0) is 25.7 Å². The fourth-order valence-corrected chi connectivity index (χ4v) is 4.08. The van der Waals surface area contributed by atoms with Gasteiger partial charge >= 0.3 is 12.1 Å². The molecule has 0 aromatic carbocycles. The van der Waals surface area contributed by atoms with Crippen LogP contribution in [0, 0.1) is 11.8 Å². The third-order valence-corrected chi connectivity index (χ3v) is 5.50. The van der Waals surface area contributed by atoms with Gasteiger partial charge in [0.1, 0.15) is 0 Å². The van der Waals surface area contributed by atoms with Crippen molar-refractivity contribution in [3.05, 3.63) is 24.2 Å². The quantitative estimate of drug-likeness (QED) is 0.781. The van der Waals surface area contributed by atoms with Gasteiger partial charge in [-0.1, -0.05) is 0 Å². The summed E-state index contributed by atoms with van der Waals surface area (Å²) in [7, 11) is 0. The summed E-state index contributed by atoms with van der Waals surface area (Å²) in [6, 6.07) is 2.00. The molecule has 11 heteroatoms. The number of carbonyl (C=O) groups excluding carboxylic acids is 1. The van der Waals surface area contributed by atoms with Crippen LogP contribution in [0.25, 0.3) is 0 Å². The average Bonchev–Trinajstić information content (AvgIpc) is 3.41. The summed E-state index contributed by atoms with van der Waals surface area (Å²) in [4.78, 5) is 29.6. The Hall–Kier alpha value is -2.11. The molecule has 8 nitrogen and oxygen atoms in total. The van der Waals surface area contributed by atoms with Gasteiger partial charge in [-0.05, 0) is 25.3 Å². The van der Waals surface area contributed by atoms with E-state index in [0.717, 1.165) is 45.4 Å². The minimum atomic E-state index is -5.08. The summed E-state index contributed by atoms with van der Waals surface area (Å²) in [6.45, 7) is 4.86. The van der Waals surface area contributed by atoms with Crippen LogP contribution in [0.5, 0.6) is 0 Å². The van der Waals surface area contributed by atoms with Crippen LogP contribution < -0.4 is 0 Å². The maximum Gasteiger partial charge on any atom is 0.490 e. The van der Waals surface area contributed by atoms with Crippen LogP contribution in [-0.4, -0.2) is 72.1 Å². The number of fused-ring (bicyclic) bond motifs is 1. The highest BCUT2D eigenvalue weighted by Gasteiger charge is 2.43. The average molecular weight is 434 g/mol. The summed E-state index contributed by atoms with van der Waals surface area (Å²) >= 11 is 0. The van der Waals surface area contributed by atoms with Crippen molar-refractivity contribution in [1.82, 2.24) is 9.96 Å². The molecule has 4 rings (SSSR count). The van der Waals surface area contributed by atoms with Crippen molar-refractivity contribution in [3.63, 3.8) is 0 Å². The molecule has 0 bridgehead atoms. The van der Waals surface area contributed by atoms with E-state index in [1.165, 1.54) is 5.56 Å². The van der Waals surface area contributed by atoms with Gasteiger partial charge in [-0.3, -0.25) is 14.5 Å². The largest absolute Gasteiger partial charge is 0.490 e. The summed E-state index contributed by atoms with van der Waals surface area (Å²) in [5.74, 6) is -2.31. The zero-order chi connectivity index (χ0) is 21.7. The minimum Gasteiger partial charge on any atom is -0.475 e. The summed E-state index contributed by atoms with van der Waals surface area (Å²) in [5, 5.41) is 8.71. The van der Waals surface area contributed by atoms with E-state index in [-0.39, 0.29) is 23.8 Å². The van der Waals surface area contributed by atoms with Gasteiger partial charge in [0, 0.05) is 43.6 Å². The molecule has 168 valence electrons. The molecule has 3 saturated heterocycles. The first-order chi connectivity index (χ1) is 14.3. The number of halogens is 3. The molecule has 3 atom stereocenters. The van der Waals surface area contributed by atoms with Crippen molar-refractivity contribution in [3.8, 4) is 0 Å². The molecule has 1 aromatic rings. The summed E-state index contributed by atoms with van der Waals surface area (Å²) < 4.78 is 42.8. The first-order valence-electron chi connectivity index (χ1n) is 9.85. The van der Waals surface area contributed by atoms with Crippen molar-refractivity contribution in [2.45, 2.75) is 38.1 Å². The number of rotatable bonds is 3. The number of hydrogen-bond acceptors (Lipinski definition) is 6. The van der Waals surface area contributed by atoms with E-state index in [1.807, 2.05) is 6.07 Å². The van der Waals surface area contributed by atoms with Crippen molar-refractivity contribution in [1.29, 1.82) is 0 Å². The highest BCUT2D eigenvalue weighted by molar-refractivity contribution is 5.78. The molecule has 3 aliphatic rings. The third-order valence-electron chi connectivity index (χ3n) is 5.50. The second-order valence-corrected chi connectivity index (χ2v) is 7.55. The minimum absolute atomic E-state index is 0.0269. The van der Waals surface area contributed by atoms with Gasteiger partial charge in [-0.2, -0.15) is 13.2 Å². The standard InChI is InChI=1S/C17H24N2O4.C2HF3O2/c20-17(19-5-1-7-23-19)14-4-9-22-16-2-6-18(11-15(14)16)10-13-3-8-21-12-13;3-2(4,5)1(6)7/h3,8,12,14-16H,1-2,4-7,9-11H2;(H,6,7)/t14-,15+,16-;/m1./s1. The van der Waals surface area contributed by atoms with Gasteiger partial charge in [-0.15, -0.1) is 0 Å². The Bertz CT molecular complexity index is 706. The zero-order valence-electron chi connectivity index (χ0n) is 16.3. The lowest BCUT2D eigenvalue weighted by Gasteiger charge is -2.45. The van der Waals surface area contributed by atoms with E-state index in [0.29, 0.717) is 13.2 Å². The molecular weight excluding hydrogens is 409 g/mol. The fourth-order valence-electron chi connectivity index (χ4n) is 4.08. The fraction of sp³-hybridized carbons (Fsp3) is 0.684. The monoisotopic (exact) mass is 434 g/mol. The van der Waals surface area contributed by atoms with Crippen LogP contribution in [0.4, 0.5) is 13.2 Å².